The van der Waals surface area contributed by atoms with E-state index >= 15 is 0 Å². The summed E-state index contributed by atoms with van der Waals surface area (Å²) in [7, 11) is 0. The van der Waals surface area contributed by atoms with Crippen LogP contribution >= 0.6 is 11.3 Å². The largest absolute Gasteiger partial charge is 0.399 e. The van der Waals surface area contributed by atoms with Crippen LogP contribution in [0.3, 0.4) is 0 Å². The molecule has 0 amide bonds. The topological polar surface area (TPSA) is 26.0 Å². The third-order valence-electron chi connectivity index (χ3n) is 3.46. The lowest BCUT2D eigenvalue weighted by atomic mass is 10.1. The molecule has 0 aliphatic heterocycles. The minimum absolute atomic E-state index is 0.816. The van der Waals surface area contributed by atoms with Crippen LogP contribution in [0.15, 0.2) is 60.7 Å². The van der Waals surface area contributed by atoms with Gasteiger partial charge in [0.2, 0.25) is 0 Å². The number of aryl methyl sites for hydroxylation is 1. The zero-order valence-electron chi connectivity index (χ0n) is 11.5. The Morgan fingerprint density at radius 1 is 0.950 bits per heavy atom. The third kappa shape index (κ3) is 2.75. The summed E-state index contributed by atoms with van der Waals surface area (Å²) < 4.78 is 0. The van der Waals surface area contributed by atoms with Gasteiger partial charge in [0.25, 0.3) is 0 Å². The van der Waals surface area contributed by atoms with E-state index in [1.807, 2.05) is 29.5 Å². The van der Waals surface area contributed by atoms with Gasteiger partial charge in [0.1, 0.15) is 0 Å². The van der Waals surface area contributed by atoms with Crippen LogP contribution in [-0.4, -0.2) is 0 Å². The Kier molecular flexibility index (Phi) is 3.57. The number of nitrogens with two attached hydrogens (primary N) is 1. The minimum atomic E-state index is 0.816. The van der Waals surface area contributed by atoms with Crippen LogP contribution in [0.4, 0.5) is 5.69 Å². The second kappa shape index (κ2) is 5.51. The first-order valence-corrected chi connectivity index (χ1v) is 7.53. The van der Waals surface area contributed by atoms with Crippen LogP contribution in [0, 0.1) is 6.92 Å². The summed E-state index contributed by atoms with van der Waals surface area (Å²) >= 11 is 1.84. The van der Waals surface area contributed by atoms with Crippen molar-refractivity contribution in [1.82, 2.24) is 0 Å². The van der Waals surface area contributed by atoms with Gasteiger partial charge in [-0.1, -0.05) is 36.4 Å². The van der Waals surface area contributed by atoms with Gasteiger partial charge >= 0.3 is 0 Å². The van der Waals surface area contributed by atoms with Crippen LogP contribution in [-0.2, 0) is 6.42 Å². The van der Waals surface area contributed by atoms with E-state index in [0.717, 1.165) is 12.1 Å². The number of thiophene rings is 1. The van der Waals surface area contributed by atoms with Crippen LogP contribution in [0.5, 0.6) is 0 Å². The number of benzene rings is 2. The number of nitrogen functional groups attached to an aromatic ring is 1. The first-order valence-electron chi connectivity index (χ1n) is 6.71. The Hall–Kier alpha value is -2.06. The van der Waals surface area contributed by atoms with Crippen molar-refractivity contribution in [3.05, 3.63) is 76.7 Å². The quantitative estimate of drug-likeness (QED) is 0.678. The van der Waals surface area contributed by atoms with E-state index in [9.17, 15) is 0 Å². The van der Waals surface area contributed by atoms with Gasteiger partial charge in [0.15, 0.2) is 0 Å². The van der Waals surface area contributed by atoms with Gasteiger partial charge in [-0.2, -0.15) is 0 Å². The maximum absolute atomic E-state index is 5.85. The first kappa shape index (κ1) is 12.9. The fourth-order valence-corrected chi connectivity index (χ4v) is 3.34. The fraction of sp³-hybridized carbons (Fsp3) is 0.111. The van der Waals surface area contributed by atoms with Crippen molar-refractivity contribution in [2.75, 3.05) is 5.73 Å². The van der Waals surface area contributed by atoms with Gasteiger partial charge in [-0.25, -0.2) is 0 Å². The summed E-state index contributed by atoms with van der Waals surface area (Å²) in [5.41, 5.74) is 10.6. The van der Waals surface area contributed by atoms with Crippen LogP contribution < -0.4 is 5.73 Å². The lowest BCUT2D eigenvalue weighted by Gasteiger charge is -2.03. The molecule has 0 radical (unpaired) electrons. The van der Waals surface area contributed by atoms with Gasteiger partial charge in [-0.05, 0) is 47.9 Å². The molecule has 2 aromatic carbocycles. The summed E-state index contributed by atoms with van der Waals surface area (Å²) in [6.45, 7) is 2.17. The highest BCUT2D eigenvalue weighted by atomic mass is 32.1. The highest BCUT2D eigenvalue weighted by Crippen LogP contribution is 2.30. The summed E-state index contributed by atoms with van der Waals surface area (Å²) in [6.07, 6.45) is 1.000. The van der Waals surface area contributed by atoms with Gasteiger partial charge in [-0.3, -0.25) is 0 Å². The van der Waals surface area contributed by atoms with E-state index in [0.29, 0.717) is 0 Å². The van der Waals surface area contributed by atoms with Crippen molar-refractivity contribution in [3.63, 3.8) is 0 Å². The third-order valence-corrected chi connectivity index (χ3v) is 4.59. The average molecular weight is 279 g/mol. The van der Waals surface area contributed by atoms with Gasteiger partial charge in [-0.15, -0.1) is 11.3 Å². The Balaban J connectivity index is 1.86. The zero-order chi connectivity index (χ0) is 13.9. The molecule has 0 spiro atoms. The number of hydrogen-bond acceptors (Lipinski definition) is 2. The molecule has 0 aliphatic rings. The Morgan fingerprint density at radius 2 is 1.80 bits per heavy atom. The van der Waals surface area contributed by atoms with Gasteiger partial charge in [0, 0.05) is 21.9 Å². The lowest BCUT2D eigenvalue weighted by molar-refractivity contribution is 1.19. The maximum atomic E-state index is 5.85. The molecule has 0 fully saturated rings. The van der Waals surface area contributed by atoms with E-state index in [2.05, 4.69) is 49.4 Å². The molecular formula is C18H17NS. The van der Waals surface area contributed by atoms with E-state index in [1.54, 1.807) is 0 Å². The molecule has 2 heteroatoms. The average Bonchev–Trinajstić information content (AvgIpc) is 2.90. The predicted molar refractivity (Wildman–Crippen MR) is 88.2 cm³/mol. The SMILES string of the molecule is Cc1ccccc1Cc1ccc(-c2cccc(N)c2)s1. The van der Waals surface area contributed by atoms with Crippen molar-refractivity contribution < 1.29 is 0 Å². The maximum Gasteiger partial charge on any atom is 0.0346 e. The molecule has 0 aliphatic carbocycles. The Morgan fingerprint density at radius 3 is 2.60 bits per heavy atom. The minimum Gasteiger partial charge on any atom is -0.399 e. The second-order valence-electron chi connectivity index (χ2n) is 4.99. The normalized spacial score (nSPS) is 10.7. The molecule has 1 nitrogen and oxygen atoms in total. The van der Waals surface area contributed by atoms with Crippen molar-refractivity contribution in [3.8, 4) is 10.4 Å². The molecule has 0 bridgehead atoms. The molecule has 1 heterocycles. The summed E-state index contributed by atoms with van der Waals surface area (Å²) in [4.78, 5) is 2.66. The van der Waals surface area contributed by atoms with E-state index in [1.165, 1.54) is 26.4 Å². The molecule has 3 aromatic rings. The van der Waals surface area contributed by atoms with E-state index < -0.39 is 0 Å². The molecule has 0 unspecified atom stereocenters. The monoisotopic (exact) mass is 279 g/mol. The van der Waals surface area contributed by atoms with Crippen molar-refractivity contribution in [2.45, 2.75) is 13.3 Å². The molecule has 20 heavy (non-hydrogen) atoms. The molecule has 0 saturated carbocycles. The molecule has 0 atom stereocenters. The first-order chi connectivity index (χ1) is 9.72. The van der Waals surface area contributed by atoms with Crippen LogP contribution in [0.25, 0.3) is 10.4 Å². The zero-order valence-corrected chi connectivity index (χ0v) is 12.3. The highest BCUT2D eigenvalue weighted by Gasteiger charge is 2.05. The molecule has 3 rings (SSSR count). The number of rotatable bonds is 3. The number of hydrogen-bond donors (Lipinski definition) is 1. The van der Waals surface area contributed by atoms with Crippen molar-refractivity contribution >= 4 is 17.0 Å². The van der Waals surface area contributed by atoms with Crippen molar-refractivity contribution in [1.29, 1.82) is 0 Å². The van der Waals surface area contributed by atoms with Gasteiger partial charge in [0.05, 0.1) is 0 Å². The molecule has 0 saturated heterocycles. The Bertz CT molecular complexity index is 728. The number of anilines is 1. The van der Waals surface area contributed by atoms with Gasteiger partial charge < -0.3 is 5.73 Å². The molecule has 100 valence electrons. The molecule has 2 N–H and O–H groups in total. The standard InChI is InChI=1S/C18H17NS/c1-13-5-2-3-6-14(13)12-17-9-10-18(20-17)15-7-4-8-16(19)11-15/h2-11H,12,19H2,1H3. The van der Waals surface area contributed by atoms with E-state index in [-0.39, 0.29) is 0 Å². The Labute approximate surface area is 123 Å². The molecular weight excluding hydrogens is 262 g/mol. The lowest BCUT2D eigenvalue weighted by Crippen LogP contribution is -1.87. The fourth-order valence-electron chi connectivity index (χ4n) is 2.32. The summed E-state index contributed by atoms with van der Waals surface area (Å²) in [5, 5.41) is 0. The van der Waals surface area contributed by atoms with Crippen LogP contribution in [0.1, 0.15) is 16.0 Å². The van der Waals surface area contributed by atoms with E-state index in [4.69, 9.17) is 5.73 Å². The summed E-state index contributed by atoms with van der Waals surface area (Å²) in [5.74, 6) is 0. The van der Waals surface area contributed by atoms with Crippen molar-refractivity contribution in [2.24, 2.45) is 0 Å². The highest BCUT2D eigenvalue weighted by molar-refractivity contribution is 7.15. The molecule has 1 aromatic heterocycles. The second-order valence-corrected chi connectivity index (χ2v) is 6.16. The smallest absolute Gasteiger partial charge is 0.0346 e. The summed E-state index contributed by atoms with van der Waals surface area (Å²) in [6, 6.07) is 21.0. The predicted octanol–water partition coefficient (Wildman–Crippen LogP) is 4.90. The van der Waals surface area contributed by atoms with Crippen LogP contribution in [0.2, 0.25) is 0 Å².